The summed E-state index contributed by atoms with van der Waals surface area (Å²) in [7, 11) is 2.04. The van der Waals surface area contributed by atoms with E-state index in [1.807, 2.05) is 7.05 Å². The molecule has 0 radical (unpaired) electrons. The Morgan fingerprint density at radius 3 is 2.67 bits per heavy atom. The molecule has 1 aromatic carbocycles. The summed E-state index contributed by atoms with van der Waals surface area (Å²) in [6.07, 6.45) is 2.06. The van der Waals surface area contributed by atoms with Crippen LogP contribution in [0.1, 0.15) is 19.4 Å². The molecule has 1 heterocycles. The van der Waals surface area contributed by atoms with Gasteiger partial charge in [-0.05, 0) is 17.0 Å². The van der Waals surface area contributed by atoms with Crippen molar-refractivity contribution in [2.24, 2.45) is 7.05 Å². The molecule has 0 aliphatic heterocycles. The standard InChI is InChI=1S/C13H17NO/c1-13(2,9-15)11-6-4-5-10-7-8-14(3)12(10)11/h4-8,15H,9H2,1-3H3. The molecule has 0 saturated carbocycles. The first kappa shape index (κ1) is 10.2. The zero-order chi connectivity index (χ0) is 11.1. The van der Waals surface area contributed by atoms with E-state index in [0.717, 1.165) is 0 Å². The van der Waals surface area contributed by atoms with Gasteiger partial charge in [0, 0.05) is 18.7 Å². The molecule has 0 bridgehead atoms. The summed E-state index contributed by atoms with van der Waals surface area (Å²) in [5, 5.41) is 10.7. The highest BCUT2D eigenvalue weighted by atomic mass is 16.3. The van der Waals surface area contributed by atoms with Crippen LogP contribution in [0.3, 0.4) is 0 Å². The van der Waals surface area contributed by atoms with Crippen molar-refractivity contribution >= 4 is 10.9 Å². The van der Waals surface area contributed by atoms with Crippen LogP contribution < -0.4 is 0 Å². The summed E-state index contributed by atoms with van der Waals surface area (Å²) >= 11 is 0. The fraction of sp³-hybridized carbons (Fsp3) is 0.385. The van der Waals surface area contributed by atoms with Gasteiger partial charge in [-0.1, -0.05) is 32.0 Å². The van der Waals surface area contributed by atoms with Gasteiger partial charge in [0.05, 0.1) is 12.1 Å². The van der Waals surface area contributed by atoms with E-state index in [4.69, 9.17) is 0 Å². The Bertz CT molecular complexity index is 482. The third-order valence-electron chi connectivity index (χ3n) is 3.02. The molecule has 0 amide bonds. The van der Waals surface area contributed by atoms with Crippen LogP contribution in [0.5, 0.6) is 0 Å². The number of aromatic nitrogens is 1. The van der Waals surface area contributed by atoms with Gasteiger partial charge in [0.15, 0.2) is 0 Å². The summed E-state index contributed by atoms with van der Waals surface area (Å²) < 4.78 is 2.11. The van der Waals surface area contributed by atoms with Gasteiger partial charge in [0.25, 0.3) is 0 Å². The van der Waals surface area contributed by atoms with Crippen molar-refractivity contribution in [3.05, 3.63) is 36.0 Å². The molecule has 1 N–H and O–H groups in total. The average molecular weight is 203 g/mol. The van der Waals surface area contributed by atoms with E-state index in [2.05, 4.69) is 48.9 Å². The Labute approximate surface area is 90.2 Å². The third-order valence-corrected chi connectivity index (χ3v) is 3.02. The van der Waals surface area contributed by atoms with Gasteiger partial charge in [-0.25, -0.2) is 0 Å². The Morgan fingerprint density at radius 1 is 1.27 bits per heavy atom. The summed E-state index contributed by atoms with van der Waals surface area (Å²) in [5.41, 5.74) is 2.23. The number of hydrogen-bond acceptors (Lipinski definition) is 1. The van der Waals surface area contributed by atoms with Gasteiger partial charge >= 0.3 is 0 Å². The van der Waals surface area contributed by atoms with Crippen molar-refractivity contribution in [1.29, 1.82) is 0 Å². The quantitative estimate of drug-likeness (QED) is 0.796. The van der Waals surface area contributed by atoms with Gasteiger partial charge in [0.2, 0.25) is 0 Å². The molecule has 2 aromatic rings. The second kappa shape index (κ2) is 3.38. The molecule has 0 spiro atoms. The second-order valence-electron chi connectivity index (χ2n) is 4.71. The molecule has 0 unspecified atom stereocenters. The van der Waals surface area contributed by atoms with Crippen molar-refractivity contribution < 1.29 is 5.11 Å². The summed E-state index contributed by atoms with van der Waals surface area (Å²) in [6, 6.07) is 8.35. The van der Waals surface area contributed by atoms with E-state index in [9.17, 15) is 5.11 Å². The molecule has 0 aliphatic carbocycles. The monoisotopic (exact) mass is 203 g/mol. The third kappa shape index (κ3) is 1.55. The number of aliphatic hydroxyl groups is 1. The lowest BCUT2D eigenvalue weighted by Gasteiger charge is -2.23. The van der Waals surface area contributed by atoms with Gasteiger partial charge < -0.3 is 9.67 Å². The predicted molar refractivity (Wildman–Crippen MR) is 63.0 cm³/mol. The van der Waals surface area contributed by atoms with Gasteiger partial charge in [0.1, 0.15) is 0 Å². The molecule has 0 atom stereocenters. The number of rotatable bonds is 2. The summed E-state index contributed by atoms with van der Waals surface area (Å²) in [4.78, 5) is 0. The molecule has 2 rings (SSSR count). The van der Waals surface area contributed by atoms with Gasteiger partial charge in [-0.15, -0.1) is 0 Å². The average Bonchev–Trinajstić information content (AvgIpc) is 2.60. The number of aliphatic hydroxyl groups excluding tert-OH is 1. The summed E-state index contributed by atoms with van der Waals surface area (Å²) in [6.45, 7) is 4.29. The van der Waals surface area contributed by atoms with Crippen LogP contribution in [0.15, 0.2) is 30.5 Å². The minimum absolute atomic E-state index is 0.164. The SMILES string of the molecule is Cn1ccc2cccc(C(C)(C)CO)c21. The maximum absolute atomic E-state index is 9.43. The van der Waals surface area contributed by atoms with Crippen LogP contribution in [-0.4, -0.2) is 16.3 Å². The molecule has 1 aromatic heterocycles. The van der Waals surface area contributed by atoms with Crippen LogP contribution in [0.4, 0.5) is 0 Å². The highest BCUT2D eigenvalue weighted by molar-refractivity contribution is 5.84. The number of benzene rings is 1. The van der Waals surface area contributed by atoms with E-state index in [1.165, 1.54) is 16.5 Å². The Balaban J connectivity index is 2.75. The number of fused-ring (bicyclic) bond motifs is 1. The first-order valence-electron chi connectivity index (χ1n) is 5.21. The number of para-hydroxylation sites is 1. The Hall–Kier alpha value is -1.28. The number of aryl methyl sites for hydroxylation is 1. The highest BCUT2D eigenvalue weighted by Gasteiger charge is 2.22. The maximum Gasteiger partial charge on any atom is 0.0523 e. The number of nitrogens with zero attached hydrogens (tertiary/aromatic N) is 1. The maximum atomic E-state index is 9.43. The minimum Gasteiger partial charge on any atom is -0.395 e. The molecule has 80 valence electrons. The zero-order valence-corrected chi connectivity index (χ0v) is 9.49. The van der Waals surface area contributed by atoms with Crippen molar-refractivity contribution in [2.45, 2.75) is 19.3 Å². The smallest absolute Gasteiger partial charge is 0.0523 e. The van der Waals surface area contributed by atoms with E-state index in [0.29, 0.717) is 0 Å². The van der Waals surface area contributed by atoms with Gasteiger partial charge in [-0.2, -0.15) is 0 Å². The molecule has 0 fully saturated rings. The van der Waals surface area contributed by atoms with E-state index < -0.39 is 0 Å². The fourth-order valence-electron chi connectivity index (χ4n) is 1.99. The molecule has 0 aliphatic rings. The van der Waals surface area contributed by atoms with Crippen molar-refractivity contribution in [2.75, 3.05) is 6.61 Å². The molecular weight excluding hydrogens is 186 g/mol. The lowest BCUT2D eigenvalue weighted by Crippen LogP contribution is -2.22. The normalized spacial score (nSPS) is 12.3. The van der Waals surface area contributed by atoms with E-state index >= 15 is 0 Å². The lowest BCUT2D eigenvalue weighted by molar-refractivity contribution is 0.219. The summed E-state index contributed by atoms with van der Waals surface area (Å²) in [5.74, 6) is 0. The van der Waals surface area contributed by atoms with Crippen LogP contribution in [-0.2, 0) is 12.5 Å². The van der Waals surface area contributed by atoms with Crippen LogP contribution in [0.25, 0.3) is 10.9 Å². The largest absolute Gasteiger partial charge is 0.395 e. The lowest BCUT2D eigenvalue weighted by atomic mass is 9.84. The zero-order valence-electron chi connectivity index (χ0n) is 9.49. The molecule has 2 nitrogen and oxygen atoms in total. The van der Waals surface area contributed by atoms with Gasteiger partial charge in [-0.3, -0.25) is 0 Å². The van der Waals surface area contributed by atoms with E-state index in [-0.39, 0.29) is 12.0 Å². The fourth-order valence-corrected chi connectivity index (χ4v) is 1.99. The Kier molecular flexibility index (Phi) is 2.31. The Morgan fingerprint density at radius 2 is 2.00 bits per heavy atom. The first-order valence-corrected chi connectivity index (χ1v) is 5.21. The van der Waals surface area contributed by atoms with E-state index in [1.54, 1.807) is 0 Å². The minimum atomic E-state index is -0.189. The van der Waals surface area contributed by atoms with Crippen molar-refractivity contribution in [3.63, 3.8) is 0 Å². The second-order valence-corrected chi connectivity index (χ2v) is 4.71. The first-order chi connectivity index (χ1) is 7.06. The van der Waals surface area contributed by atoms with Crippen molar-refractivity contribution in [1.82, 2.24) is 4.57 Å². The predicted octanol–water partition coefficient (Wildman–Crippen LogP) is 2.45. The molecular formula is C13H17NO. The van der Waals surface area contributed by atoms with Crippen LogP contribution >= 0.6 is 0 Å². The highest BCUT2D eigenvalue weighted by Crippen LogP contribution is 2.30. The van der Waals surface area contributed by atoms with Crippen molar-refractivity contribution in [3.8, 4) is 0 Å². The number of hydrogen-bond donors (Lipinski definition) is 1. The molecule has 15 heavy (non-hydrogen) atoms. The molecule has 2 heteroatoms. The van der Waals surface area contributed by atoms with Crippen LogP contribution in [0.2, 0.25) is 0 Å². The topological polar surface area (TPSA) is 25.2 Å². The van der Waals surface area contributed by atoms with Crippen LogP contribution in [0, 0.1) is 0 Å². The molecule has 0 saturated heterocycles.